The van der Waals surface area contributed by atoms with E-state index in [1.165, 1.54) is 37.7 Å². The molecule has 0 bridgehead atoms. The van der Waals surface area contributed by atoms with Gasteiger partial charge in [-0.15, -0.1) is 0 Å². The van der Waals surface area contributed by atoms with Gasteiger partial charge in [-0.1, -0.05) is 32.4 Å². The van der Waals surface area contributed by atoms with E-state index in [4.69, 9.17) is 4.74 Å². The van der Waals surface area contributed by atoms with Gasteiger partial charge in [-0.2, -0.15) is 0 Å². The molecule has 1 aliphatic rings. The van der Waals surface area contributed by atoms with Crippen LogP contribution in [-0.4, -0.2) is 12.6 Å². The molecule has 0 aliphatic heterocycles. The lowest BCUT2D eigenvalue weighted by Crippen LogP contribution is -2.20. The van der Waals surface area contributed by atoms with Crippen molar-refractivity contribution in [3.8, 4) is 5.75 Å². The second kappa shape index (κ2) is 7.54. The first-order valence-corrected chi connectivity index (χ1v) is 7.70. The van der Waals surface area contributed by atoms with Crippen molar-refractivity contribution in [3.63, 3.8) is 0 Å². The van der Waals surface area contributed by atoms with Gasteiger partial charge in [-0.05, 0) is 55.8 Å². The zero-order valence-electron chi connectivity index (χ0n) is 12.3. The molecule has 0 amide bonds. The third-order valence-electron chi connectivity index (χ3n) is 3.64. The van der Waals surface area contributed by atoms with Gasteiger partial charge in [0.2, 0.25) is 0 Å². The highest BCUT2D eigenvalue weighted by atomic mass is 16.5. The minimum absolute atomic E-state index is 0.438. The largest absolute Gasteiger partial charge is 0.490 e. The first-order valence-electron chi connectivity index (χ1n) is 7.70. The second-order valence-electron chi connectivity index (χ2n) is 6.05. The molecule has 2 nitrogen and oxygen atoms in total. The van der Waals surface area contributed by atoms with Crippen LogP contribution in [0.1, 0.15) is 51.5 Å². The van der Waals surface area contributed by atoms with Crippen LogP contribution in [0.2, 0.25) is 0 Å². The molecule has 1 aromatic rings. The number of benzene rings is 1. The molecule has 0 heterocycles. The topological polar surface area (TPSA) is 21.3 Å². The lowest BCUT2D eigenvalue weighted by molar-refractivity contribution is 0.155. The Morgan fingerprint density at radius 1 is 1.21 bits per heavy atom. The highest BCUT2D eigenvalue weighted by Crippen LogP contribution is 2.23. The molecule has 1 saturated carbocycles. The number of ether oxygens (including phenoxy) is 1. The van der Waals surface area contributed by atoms with Crippen molar-refractivity contribution < 1.29 is 4.74 Å². The summed E-state index contributed by atoms with van der Waals surface area (Å²) < 4.78 is 6.10. The third-order valence-corrected chi connectivity index (χ3v) is 3.64. The Bertz CT molecular complexity index is 369. The minimum atomic E-state index is 0.438. The highest BCUT2D eigenvalue weighted by Gasteiger charge is 2.14. The molecule has 0 saturated heterocycles. The van der Waals surface area contributed by atoms with Crippen LogP contribution in [0.5, 0.6) is 5.75 Å². The third kappa shape index (κ3) is 5.23. The van der Waals surface area contributed by atoms with E-state index in [9.17, 15) is 0 Å². The van der Waals surface area contributed by atoms with Crippen LogP contribution in [0, 0.1) is 5.92 Å². The van der Waals surface area contributed by atoms with Crippen molar-refractivity contribution in [3.05, 3.63) is 29.8 Å². The number of hydrogen-bond donors (Lipinski definition) is 1. The summed E-state index contributed by atoms with van der Waals surface area (Å²) in [4.78, 5) is 0. The van der Waals surface area contributed by atoms with Gasteiger partial charge in [0.1, 0.15) is 5.75 Å². The molecule has 2 heteroatoms. The van der Waals surface area contributed by atoms with Crippen molar-refractivity contribution >= 4 is 0 Å². The monoisotopic (exact) mass is 261 g/mol. The van der Waals surface area contributed by atoms with E-state index in [-0.39, 0.29) is 0 Å². The Kier molecular flexibility index (Phi) is 5.71. The van der Waals surface area contributed by atoms with Crippen LogP contribution in [0.15, 0.2) is 24.3 Å². The smallest absolute Gasteiger partial charge is 0.120 e. The molecule has 1 N–H and O–H groups in total. The molecular weight excluding hydrogens is 234 g/mol. The first-order chi connectivity index (χ1) is 9.24. The maximum Gasteiger partial charge on any atom is 0.120 e. The van der Waals surface area contributed by atoms with Crippen molar-refractivity contribution in [2.75, 3.05) is 6.54 Å². The molecular formula is C17H27NO. The normalized spacial score (nSPS) is 16.8. The number of rotatable bonds is 6. The summed E-state index contributed by atoms with van der Waals surface area (Å²) in [5.41, 5.74) is 1.31. The predicted octanol–water partition coefficient (Wildman–Crippen LogP) is 4.14. The molecule has 1 aromatic carbocycles. The van der Waals surface area contributed by atoms with E-state index in [2.05, 4.69) is 43.4 Å². The van der Waals surface area contributed by atoms with E-state index in [1.807, 2.05) is 0 Å². The molecule has 2 rings (SSSR count). The molecule has 106 valence electrons. The number of nitrogens with one attached hydrogen (secondary N) is 1. The van der Waals surface area contributed by atoms with Gasteiger partial charge in [-0.3, -0.25) is 0 Å². The quantitative estimate of drug-likeness (QED) is 0.831. The highest BCUT2D eigenvalue weighted by molar-refractivity contribution is 5.28. The van der Waals surface area contributed by atoms with E-state index in [0.29, 0.717) is 12.0 Å². The predicted molar refractivity (Wildman–Crippen MR) is 80.5 cm³/mol. The van der Waals surface area contributed by atoms with Crippen molar-refractivity contribution in [2.24, 2.45) is 5.92 Å². The number of hydrogen-bond acceptors (Lipinski definition) is 2. The second-order valence-corrected chi connectivity index (χ2v) is 6.05. The van der Waals surface area contributed by atoms with Gasteiger partial charge in [0.25, 0.3) is 0 Å². The SMILES string of the molecule is CC(C)CNCc1cccc(OC2CCCCC2)c1. The van der Waals surface area contributed by atoms with Crippen molar-refractivity contribution in [1.82, 2.24) is 5.32 Å². The van der Waals surface area contributed by atoms with Gasteiger partial charge in [0.05, 0.1) is 6.10 Å². The summed E-state index contributed by atoms with van der Waals surface area (Å²) in [6.45, 7) is 6.46. The summed E-state index contributed by atoms with van der Waals surface area (Å²) >= 11 is 0. The lowest BCUT2D eigenvalue weighted by Gasteiger charge is -2.23. The molecule has 0 spiro atoms. The average Bonchev–Trinajstić information content (AvgIpc) is 2.40. The summed E-state index contributed by atoms with van der Waals surface area (Å²) in [6.07, 6.45) is 6.89. The molecule has 0 atom stereocenters. The van der Waals surface area contributed by atoms with Gasteiger partial charge in [0.15, 0.2) is 0 Å². The van der Waals surface area contributed by atoms with Crippen LogP contribution in [0.4, 0.5) is 0 Å². The maximum atomic E-state index is 6.10. The maximum absolute atomic E-state index is 6.10. The summed E-state index contributed by atoms with van der Waals surface area (Å²) in [5.74, 6) is 1.73. The molecule has 0 aromatic heterocycles. The van der Waals surface area contributed by atoms with Gasteiger partial charge < -0.3 is 10.1 Å². The summed E-state index contributed by atoms with van der Waals surface area (Å²) in [5, 5.41) is 3.48. The fourth-order valence-electron chi connectivity index (χ4n) is 2.61. The van der Waals surface area contributed by atoms with Gasteiger partial charge >= 0.3 is 0 Å². The Balaban J connectivity index is 1.83. The van der Waals surface area contributed by atoms with Crippen molar-refractivity contribution in [1.29, 1.82) is 0 Å². The minimum Gasteiger partial charge on any atom is -0.490 e. The Morgan fingerprint density at radius 3 is 2.74 bits per heavy atom. The van der Waals surface area contributed by atoms with E-state index < -0.39 is 0 Å². The van der Waals surface area contributed by atoms with Crippen molar-refractivity contribution in [2.45, 2.75) is 58.6 Å². The molecule has 1 aliphatic carbocycles. The van der Waals surface area contributed by atoms with Crippen LogP contribution in [0.25, 0.3) is 0 Å². The van der Waals surface area contributed by atoms with E-state index in [1.54, 1.807) is 0 Å². The van der Waals surface area contributed by atoms with E-state index >= 15 is 0 Å². The Hall–Kier alpha value is -1.02. The molecule has 19 heavy (non-hydrogen) atoms. The first kappa shape index (κ1) is 14.4. The molecule has 0 unspecified atom stereocenters. The molecule has 0 radical (unpaired) electrons. The Labute approximate surface area is 117 Å². The fraction of sp³-hybridized carbons (Fsp3) is 0.647. The molecule has 1 fully saturated rings. The zero-order valence-corrected chi connectivity index (χ0v) is 12.3. The van der Waals surface area contributed by atoms with Gasteiger partial charge in [-0.25, -0.2) is 0 Å². The zero-order chi connectivity index (χ0) is 13.5. The standard InChI is InChI=1S/C17H27NO/c1-14(2)12-18-13-15-7-6-10-17(11-15)19-16-8-4-3-5-9-16/h6-7,10-11,14,16,18H,3-5,8-9,12-13H2,1-2H3. The Morgan fingerprint density at radius 2 is 2.00 bits per heavy atom. The van der Waals surface area contributed by atoms with Gasteiger partial charge in [0, 0.05) is 6.54 Å². The fourth-order valence-corrected chi connectivity index (χ4v) is 2.61. The van der Waals surface area contributed by atoms with Crippen LogP contribution >= 0.6 is 0 Å². The van der Waals surface area contributed by atoms with E-state index in [0.717, 1.165) is 18.8 Å². The van der Waals surface area contributed by atoms with Crippen LogP contribution in [-0.2, 0) is 6.54 Å². The average molecular weight is 261 g/mol. The van der Waals surface area contributed by atoms with Crippen LogP contribution < -0.4 is 10.1 Å². The summed E-state index contributed by atoms with van der Waals surface area (Å²) in [6, 6.07) is 8.54. The lowest BCUT2D eigenvalue weighted by atomic mass is 9.98. The van der Waals surface area contributed by atoms with Crippen LogP contribution in [0.3, 0.4) is 0 Å². The summed E-state index contributed by atoms with van der Waals surface area (Å²) in [7, 11) is 0.